The molecule has 0 aliphatic heterocycles. The van der Waals surface area contributed by atoms with E-state index in [0.29, 0.717) is 15.3 Å². The third kappa shape index (κ3) is 3.43. The minimum Gasteiger partial charge on any atom is -0.301 e. The topological polar surface area (TPSA) is 42.0 Å². The third-order valence-corrected chi connectivity index (χ3v) is 4.55. The van der Waals surface area contributed by atoms with Gasteiger partial charge in [-0.15, -0.1) is 0 Å². The van der Waals surface area contributed by atoms with Crippen molar-refractivity contribution < 1.29 is 9.18 Å². The SMILES string of the molecule is CCC[C@H](Br)C(=O)Nc1nc2c(Cl)cc(F)cc2s1. The molecule has 1 N–H and O–H groups in total. The van der Waals surface area contributed by atoms with Gasteiger partial charge < -0.3 is 5.32 Å². The first kappa shape index (κ1) is 14.7. The maximum atomic E-state index is 13.2. The number of alkyl halides is 1. The number of amides is 1. The van der Waals surface area contributed by atoms with E-state index in [2.05, 4.69) is 26.2 Å². The third-order valence-electron chi connectivity index (χ3n) is 2.47. The number of halogens is 3. The van der Waals surface area contributed by atoms with Gasteiger partial charge in [0.15, 0.2) is 5.13 Å². The van der Waals surface area contributed by atoms with E-state index in [1.807, 2.05) is 6.92 Å². The van der Waals surface area contributed by atoms with Gasteiger partial charge in [0.05, 0.1) is 14.5 Å². The lowest BCUT2D eigenvalue weighted by atomic mass is 10.2. The lowest BCUT2D eigenvalue weighted by Crippen LogP contribution is -2.22. The number of nitrogens with one attached hydrogen (secondary N) is 1. The van der Waals surface area contributed by atoms with E-state index in [-0.39, 0.29) is 15.8 Å². The highest BCUT2D eigenvalue weighted by Gasteiger charge is 2.16. The van der Waals surface area contributed by atoms with Gasteiger partial charge in [0.25, 0.3) is 0 Å². The van der Waals surface area contributed by atoms with Gasteiger partial charge in [0.1, 0.15) is 11.3 Å². The summed E-state index contributed by atoms with van der Waals surface area (Å²) in [4.78, 5) is 15.8. The molecular weight excluding hydrogens is 355 g/mol. The molecule has 1 atom stereocenters. The minimum absolute atomic E-state index is 0.155. The van der Waals surface area contributed by atoms with Crippen molar-refractivity contribution in [3.05, 3.63) is 23.0 Å². The number of rotatable bonds is 4. The molecular formula is C12H11BrClFN2OS. The molecule has 2 rings (SSSR count). The van der Waals surface area contributed by atoms with E-state index in [4.69, 9.17) is 11.6 Å². The number of carbonyl (C=O) groups excluding carboxylic acids is 1. The smallest absolute Gasteiger partial charge is 0.239 e. The Morgan fingerprint density at radius 1 is 1.63 bits per heavy atom. The Morgan fingerprint density at radius 3 is 3.05 bits per heavy atom. The molecule has 0 spiro atoms. The fourth-order valence-corrected chi connectivity index (χ4v) is 3.38. The van der Waals surface area contributed by atoms with Crippen molar-refractivity contribution in [3.8, 4) is 0 Å². The van der Waals surface area contributed by atoms with Crippen LogP contribution in [0.15, 0.2) is 12.1 Å². The molecule has 1 heterocycles. The van der Waals surface area contributed by atoms with Crippen LogP contribution in [-0.2, 0) is 4.79 Å². The predicted octanol–water partition coefficient (Wildman–Crippen LogP) is 4.59. The second-order valence-corrected chi connectivity index (χ2v) is 6.54. The van der Waals surface area contributed by atoms with Crippen molar-refractivity contribution in [1.82, 2.24) is 4.98 Å². The quantitative estimate of drug-likeness (QED) is 0.805. The maximum Gasteiger partial charge on any atom is 0.239 e. The summed E-state index contributed by atoms with van der Waals surface area (Å²) >= 11 is 10.4. The summed E-state index contributed by atoms with van der Waals surface area (Å²) in [5.41, 5.74) is 0.505. The molecule has 102 valence electrons. The van der Waals surface area contributed by atoms with E-state index >= 15 is 0 Å². The van der Waals surface area contributed by atoms with Gasteiger partial charge in [-0.1, -0.05) is 52.2 Å². The second-order valence-electron chi connectivity index (χ2n) is 4.00. The molecule has 1 aromatic carbocycles. The van der Waals surface area contributed by atoms with Crippen LogP contribution in [-0.4, -0.2) is 15.7 Å². The van der Waals surface area contributed by atoms with Gasteiger partial charge >= 0.3 is 0 Å². The molecule has 1 aromatic heterocycles. The van der Waals surface area contributed by atoms with E-state index < -0.39 is 5.82 Å². The highest BCUT2D eigenvalue weighted by Crippen LogP contribution is 2.32. The van der Waals surface area contributed by atoms with Crippen LogP contribution >= 0.6 is 38.9 Å². The molecule has 0 fully saturated rings. The molecule has 0 bridgehead atoms. The lowest BCUT2D eigenvalue weighted by Gasteiger charge is -2.06. The van der Waals surface area contributed by atoms with Crippen molar-refractivity contribution >= 4 is 60.1 Å². The summed E-state index contributed by atoms with van der Waals surface area (Å²) in [5.74, 6) is -0.569. The van der Waals surface area contributed by atoms with E-state index in [9.17, 15) is 9.18 Å². The number of fused-ring (bicyclic) bond motifs is 1. The van der Waals surface area contributed by atoms with Crippen LogP contribution < -0.4 is 5.32 Å². The van der Waals surface area contributed by atoms with Crippen LogP contribution in [0.3, 0.4) is 0 Å². The summed E-state index contributed by atoms with van der Waals surface area (Å²) in [6.07, 6.45) is 1.65. The van der Waals surface area contributed by atoms with Gasteiger partial charge in [-0.05, 0) is 18.6 Å². The summed E-state index contributed by atoms with van der Waals surface area (Å²) in [7, 11) is 0. The van der Waals surface area contributed by atoms with Gasteiger partial charge in [0, 0.05) is 0 Å². The lowest BCUT2D eigenvalue weighted by molar-refractivity contribution is -0.115. The summed E-state index contributed by atoms with van der Waals surface area (Å²) in [6, 6.07) is 2.56. The Hall–Kier alpha value is -0.720. The Balaban J connectivity index is 2.22. The fourth-order valence-electron chi connectivity index (χ4n) is 1.58. The Bertz CT molecular complexity index is 619. The molecule has 0 unspecified atom stereocenters. The number of carbonyl (C=O) groups is 1. The number of thiazole rings is 1. The summed E-state index contributed by atoms with van der Waals surface area (Å²) in [5, 5.41) is 3.37. The number of nitrogens with zero attached hydrogens (tertiary/aromatic N) is 1. The van der Waals surface area contributed by atoms with Gasteiger partial charge in [0.2, 0.25) is 5.91 Å². The van der Waals surface area contributed by atoms with E-state index in [0.717, 1.165) is 12.8 Å². The van der Waals surface area contributed by atoms with Gasteiger partial charge in [-0.25, -0.2) is 9.37 Å². The number of hydrogen-bond donors (Lipinski definition) is 1. The van der Waals surface area contributed by atoms with Crippen molar-refractivity contribution in [1.29, 1.82) is 0 Å². The number of anilines is 1. The zero-order valence-corrected chi connectivity index (χ0v) is 13.2. The Morgan fingerprint density at radius 2 is 2.37 bits per heavy atom. The number of aromatic nitrogens is 1. The highest BCUT2D eigenvalue weighted by atomic mass is 79.9. The van der Waals surface area contributed by atoms with Gasteiger partial charge in [-0.2, -0.15) is 0 Å². The van der Waals surface area contributed by atoms with Gasteiger partial charge in [-0.3, -0.25) is 4.79 Å². The summed E-state index contributed by atoms with van der Waals surface area (Å²) < 4.78 is 13.8. The Kier molecular flexibility index (Phi) is 4.76. The molecule has 7 heteroatoms. The van der Waals surface area contributed by atoms with Crippen LogP contribution in [0, 0.1) is 5.82 Å². The standard InChI is InChI=1S/C12H11BrClFN2OS/c1-2-3-7(13)11(18)17-12-16-10-8(14)4-6(15)5-9(10)19-12/h4-5,7H,2-3H2,1H3,(H,16,17,18)/t7-/m0/s1. The number of hydrogen-bond acceptors (Lipinski definition) is 3. The van der Waals surface area contributed by atoms with Crippen LogP contribution in [0.1, 0.15) is 19.8 Å². The molecule has 0 aliphatic carbocycles. The minimum atomic E-state index is -0.414. The molecule has 1 amide bonds. The number of benzene rings is 1. The molecule has 19 heavy (non-hydrogen) atoms. The first-order valence-corrected chi connectivity index (χ1v) is 7.82. The average molecular weight is 366 g/mol. The highest BCUT2D eigenvalue weighted by molar-refractivity contribution is 9.10. The molecule has 2 aromatic rings. The Labute approximate surface area is 127 Å². The average Bonchev–Trinajstić information content (AvgIpc) is 2.72. The summed E-state index contributed by atoms with van der Waals surface area (Å²) in [6.45, 7) is 2.00. The van der Waals surface area contributed by atoms with Crippen molar-refractivity contribution in [2.75, 3.05) is 5.32 Å². The maximum absolute atomic E-state index is 13.2. The van der Waals surface area contributed by atoms with Crippen LogP contribution in [0.25, 0.3) is 10.2 Å². The fraction of sp³-hybridized carbons (Fsp3) is 0.333. The zero-order chi connectivity index (χ0) is 14.0. The molecule has 3 nitrogen and oxygen atoms in total. The first-order valence-electron chi connectivity index (χ1n) is 5.71. The van der Waals surface area contributed by atoms with E-state index in [1.165, 1.54) is 23.5 Å². The molecule has 0 aliphatic rings. The first-order chi connectivity index (χ1) is 9.01. The van der Waals surface area contributed by atoms with Crippen molar-refractivity contribution in [2.24, 2.45) is 0 Å². The zero-order valence-electron chi connectivity index (χ0n) is 10.0. The van der Waals surface area contributed by atoms with Crippen LogP contribution in [0.2, 0.25) is 5.02 Å². The molecule has 0 saturated heterocycles. The normalized spacial score (nSPS) is 12.6. The predicted molar refractivity (Wildman–Crippen MR) is 80.8 cm³/mol. The molecule has 0 radical (unpaired) electrons. The van der Waals surface area contributed by atoms with Crippen LogP contribution in [0.4, 0.5) is 9.52 Å². The van der Waals surface area contributed by atoms with E-state index in [1.54, 1.807) is 0 Å². The monoisotopic (exact) mass is 364 g/mol. The largest absolute Gasteiger partial charge is 0.301 e. The second kappa shape index (κ2) is 6.15. The molecule has 0 saturated carbocycles. The van der Waals surface area contributed by atoms with Crippen molar-refractivity contribution in [3.63, 3.8) is 0 Å². The van der Waals surface area contributed by atoms with Crippen LogP contribution in [0.5, 0.6) is 0 Å². The van der Waals surface area contributed by atoms with Crippen molar-refractivity contribution in [2.45, 2.75) is 24.6 Å².